The first-order chi connectivity index (χ1) is 12.0. The maximum Gasteiger partial charge on any atom is 0.251 e. The zero-order chi connectivity index (χ0) is 17.8. The van der Waals surface area contributed by atoms with E-state index in [1.165, 1.54) is 6.92 Å². The number of hydrogen-bond acceptors (Lipinski definition) is 3. The average Bonchev–Trinajstić information content (AvgIpc) is 3.45. The largest absolute Gasteiger partial charge is 0.352 e. The predicted octanol–water partition coefficient (Wildman–Crippen LogP) is 1.45. The van der Waals surface area contributed by atoms with Crippen LogP contribution in [0.5, 0.6) is 0 Å². The summed E-state index contributed by atoms with van der Waals surface area (Å²) in [6.07, 6.45) is 3.69. The van der Waals surface area contributed by atoms with Crippen molar-refractivity contribution in [3.63, 3.8) is 0 Å². The molecular formula is C19H25N3O3. The lowest BCUT2D eigenvalue weighted by Gasteiger charge is -2.32. The first-order valence-corrected chi connectivity index (χ1v) is 8.96. The molecule has 6 nitrogen and oxygen atoms in total. The Bertz CT molecular complexity index is 644. The number of rotatable bonds is 5. The molecule has 0 bridgehead atoms. The topological polar surface area (TPSA) is 78.5 Å². The van der Waals surface area contributed by atoms with Crippen LogP contribution in [0.25, 0.3) is 0 Å². The van der Waals surface area contributed by atoms with Gasteiger partial charge in [-0.2, -0.15) is 0 Å². The normalized spacial score (nSPS) is 17.9. The average molecular weight is 343 g/mol. The maximum absolute atomic E-state index is 12.4. The number of likely N-dealkylation sites (tertiary alicyclic amines) is 1. The van der Waals surface area contributed by atoms with Crippen molar-refractivity contribution >= 4 is 17.7 Å². The van der Waals surface area contributed by atoms with Gasteiger partial charge in [-0.15, -0.1) is 0 Å². The zero-order valence-corrected chi connectivity index (χ0v) is 14.6. The Balaban J connectivity index is 1.46. The Morgan fingerprint density at radius 3 is 2.24 bits per heavy atom. The molecular weight excluding hydrogens is 318 g/mol. The second-order valence-electron chi connectivity index (χ2n) is 6.95. The highest BCUT2D eigenvalue weighted by molar-refractivity contribution is 5.94. The molecule has 3 rings (SSSR count). The number of nitrogens with one attached hydrogen (secondary N) is 2. The molecule has 25 heavy (non-hydrogen) atoms. The molecule has 0 atom stereocenters. The summed E-state index contributed by atoms with van der Waals surface area (Å²) in [6.45, 7) is 3.40. The summed E-state index contributed by atoms with van der Waals surface area (Å²) in [6, 6.07) is 7.37. The van der Waals surface area contributed by atoms with Crippen LogP contribution >= 0.6 is 0 Å². The van der Waals surface area contributed by atoms with Crippen LogP contribution in [0.15, 0.2) is 24.3 Å². The SMILES string of the molecule is CC(=O)NCc1ccc(C(=O)NC2CCN(C(=O)C3CC3)CC2)cc1. The van der Waals surface area contributed by atoms with Crippen molar-refractivity contribution in [2.45, 2.75) is 45.2 Å². The Hall–Kier alpha value is -2.37. The molecule has 0 aromatic heterocycles. The zero-order valence-electron chi connectivity index (χ0n) is 14.6. The van der Waals surface area contributed by atoms with E-state index >= 15 is 0 Å². The molecule has 0 radical (unpaired) electrons. The quantitative estimate of drug-likeness (QED) is 0.849. The van der Waals surface area contributed by atoms with Crippen molar-refractivity contribution in [3.8, 4) is 0 Å². The molecule has 1 saturated heterocycles. The Morgan fingerprint density at radius 1 is 1.04 bits per heavy atom. The molecule has 2 fully saturated rings. The molecule has 0 unspecified atom stereocenters. The molecule has 1 aliphatic heterocycles. The fraction of sp³-hybridized carbons (Fsp3) is 0.526. The molecule has 134 valence electrons. The number of benzene rings is 1. The van der Waals surface area contributed by atoms with Gasteiger partial charge in [-0.25, -0.2) is 0 Å². The first-order valence-electron chi connectivity index (χ1n) is 8.96. The van der Waals surface area contributed by atoms with E-state index in [1.54, 1.807) is 12.1 Å². The van der Waals surface area contributed by atoms with E-state index in [0.717, 1.165) is 44.3 Å². The maximum atomic E-state index is 12.4. The van der Waals surface area contributed by atoms with E-state index in [2.05, 4.69) is 10.6 Å². The van der Waals surface area contributed by atoms with Gasteiger partial charge in [0.25, 0.3) is 5.91 Å². The predicted molar refractivity (Wildman–Crippen MR) is 93.8 cm³/mol. The van der Waals surface area contributed by atoms with Gasteiger partial charge in [0, 0.05) is 44.1 Å². The van der Waals surface area contributed by atoms with Crippen molar-refractivity contribution in [1.82, 2.24) is 15.5 Å². The van der Waals surface area contributed by atoms with Gasteiger partial charge in [0.2, 0.25) is 11.8 Å². The van der Waals surface area contributed by atoms with Crippen LogP contribution in [0.1, 0.15) is 48.5 Å². The lowest BCUT2D eigenvalue weighted by atomic mass is 10.0. The van der Waals surface area contributed by atoms with E-state index in [1.807, 2.05) is 17.0 Å². The smallest absolute Gasteiger partial charge is 0.251 e. The van der Waals surface area contributed by atoms with E-state index in [0.29, 0.717) is 18.0 Å². The van der Waals surface area contributed by atoms with Crippen LogP contribution in [0, 0.1) is 5.92 Å². The van der Waals surface area contributed by atoms with Crippen molar-refractivity contribution < 1.29 is 14.4 Å². The molecule has 0 spiro atoms. The van der Waals surface area contributed by atoms with Gasteiger partial charge in [0.05, 0.1) is 0 Å². The third-order valence-corrected chi connectivity index (χ3v) is 4.83. The Kier molecular flexibility index (Phi) is 5.36. The molecule has 3 amide bonds. The summed E-state index contributed by atoms with van der Waals surface area (Å²) in [5, 5.41) is 5.79. The Labute approximate surface area is 148 Å². The standard InChI is InChI=1S/C19H25N3O3/c1-13(23)20-12-14-2-4-15(5-3-14)18(24)21-17-8-10-22(11-9-17)19(25)16-6-7-16/h2-5,16-17H,6-12H2,1H3,(H,20,23)(H,21,24). The van der Waals surface area contributed by atoms with Gasteiger partial charge in [0.15, 0.2) is 0 Å². The van der Waals surface area contributed by atoms with Gasteiger partial charge in [-0.1, -0.05) is 12.1 Å². The van der Waals surface area contributed by atoms with Crippen LogP contribution < -0.4 is 10.6 Å². The van der Waals surface area contributed by atoms with Gasteiger partial charge in [0.1, 0.15) is 0 Å². The fourth-order valence-corrected chi connectivity index (χ4v) is 3.10. The highest BCUT2D eigenvalue weighted by Crippen LogP contribution is 2.31. The fourth-order valence-electron chi connectivity index (χ4n) is 3.10. The van der Waals surface area contributed by atoms with Crippen molar-refractivity contribution in [2.75, 3.05) is 13.1 Å². The second kappa shape index (κ2) is 7.68. The summed E-state index contributed by atoms with van der Waals surface area (Å²) < 4.78 is 0. The van der Waals surface area contributed by atoms with E-state index < -0.39 is 0 Å². The molecule has 1 aromatic rings. The third kappa shape index (κ3) is 4.81. The first kappa shape index (κ1) is 17.5. The molecule has 2 aliphatic rings. The third-order valence-electron chi connectivity index (χ3n) is 4.83. The number of amides is 3. The van der Waals surface area contributed by atoms with Gasteiger partial charge in [-0.3, -0.25) is 14.4 Å². The summed E-state index contributed by atoms with van der Waals surface area (Å²) in [4.78, 5) is 37.3. The van der Waals surface area contributed by atoms with Crippen LogP contribution in [0.4, 0.5) is 0 Å². The molecule has 2 N–H and O–H groups in total. The van der Waals surface area contributed by atoms with Crippen molar-refractivity contribution in [2.24, 2.45) is 5.92 Å². The number of carbonyl (C=O) groups is 3. The molecule has 1 heterocycles. The monoisotopic (exact) mass is 343 g/mol. The highest BCUT2D eigenvalue weighted by Gasteiger charge is 2.35. The van der Waals surface area contributed by atoms with Gasteiger partial charge >= 0.3 is 0 Å². The minimum Gasteiger partial charge on any atom is -0.352 e. The molecule has 1 aromatic carbocycles. The summed E-state index contributed by atoms with van der Waals surface area (Å²) in [5.74, 6) is 0.396. The lowest BCUT2D eigenvalue weighted by molar-refractivity contribution is -0.133. The van der Waals surface area contributed by atoms with Gasteiger partial charge < -0.3 is 15.5 Å². The van der Waals surface area contributed by atoms with E-state index in [9.17, 15) is 14.4 Å². The molecule has 6 heteroatoms. The van der Waals surface area contributed by atoms with Crippen LogP contribution in [0.2, 0.25) is 0 Å². The van der Waals surface area contributed by atoms with Gasteiger partial charge in [-0.05, 0) is 43.4 Å². The van der Waals surface area contributed by atoms with Crippen LogP contribution in [-0.2, 0) is 16.1 Å². The number of hydrogen-bond donors (Lipinski definition) is 2. The molecule has 1 aliphatic carbocycles. The van der Waals surface area contributed by atoms with Crippen molar-refractivity contribution in [3.05, 3.63) is 35.4 Å². The molecule has 1 saturated carbocycles. The minimum atomic E-state index is -0.0851. The van der Waals surface area contributed by atoms with E-state index in [4.69, 9.17) is 0 Å². The van der Waals surface area contributed by atoms with Crippen LogP contribution in [-0.4, -0.2) is 41.8 Å². The summed E-state index contributed by atoms with van der Waals surface area (Å²) in [7, 11) is 0. The summed E-state index contributed by atoms with van der Waals surface area (Å²) >= 11 is 0. The second-order valence-corrected chi connectivity index (χ2v) is 6.95. The number of piperidine rings is 1. The number of carbonyl (C=O) groups excluding carboxylic acids is 3. The number of nitrogens with zero attached hydrogens (tertiary/aromatic N) is 1. The van der Waals surface area contributed by atoms with Crippen molar-refractivity contribution in [1.29, 1.82) is 0 Å². The van der Waals surface area contributed by atoms with Crippen LogP contribution in [0.3, 0.4) is 0 Å². The Morgan fingerprint density at radius 2 is 1.68 bits per heavy atom. The highest BCUT2D eigenvalue weighted by atomic mass is 16.2. The summed E-state index contributed by atoms with van der Waals surface area (Å²) in [5.41, 5.74) is 1.57. The minimum absolute atomic E-state index is 0.0756. The lowest BCUT2D eigenvalue weighted by Crippen LogP contribution is -2.47. The van der Waals surface area contributed by atoms with E-state index in [-0.39, 0.29) is 23.8 Å².